The Morgan fingerprint density at radius 1 is 1.05 bits per heavy atom. The van der Waals surface area contributed by atoms with Crippen LogP contribution >= 0.6 is 46.4 Å². The van der Waals surface area contributed by atoms with E-state index >= 15 is 0 Å². The molecule has 0 aromatic heterocycles. The normalized spacial score (nSPS) is 10.1. The summed E-state index contributed by atoms with van der Waals surface area (Å²) >= 11 is 13.6. The molecule has 0 fully saturated rings. The van der Waals surface area contributed by atoms with Gasteiger partial charge in [-0.2, -0.15) is 0 Å². The molecule has 0 unspecified atom stereocenters. The largest absolute Gasteiger partial charge is 0.332 e. The first-order valence-electron chi connectivity index (χ1n) is 5.64. The summed E-state index contributed by atoms with van der Waals surface area (Å²) in [6.07, 6.45) is 0. The van der Waals surface area contributed by atoms with E-state index in [4.69, 9.17) is 23.8 Å². The summed E-state index contributed by atoms with van der Waals surface area (Å²) in [7, 11) is 0. The van der Waals surface area contributed by atoms with Crippen LogP contribution in [0.5, 0.6) is 0 Å². The number of aryl methyl sites for hydroxylation is 1. The van der Waals surface area contributed by atoms with Gasteiger partial charge < -0.3 is 10.6 Å². The molecule has 0 spiro atoms. The summed E-state index contributed by atoms with van der Waals surface area (Å²) in [6.45, 7) is 1.97. The molecule has 0 saturated heterocycles. The van der Waals surface area contributed by atoms with Gasteiger partial charge in [0.1, 0.15) is 0 Å². The zero-order valence-corrected chi connectivity index (χ0v) is 13.9. The van der Waals surface area contributed by atoms with E-state index in [0.717, 1.165) is 22.0 Å². The predicted octanol–water partition coefficient (Wildman–Crippen LogP) is 5.06. The topological polar surface area (TPSA) is 24.1 Å². The van der Waals surface area contributed by atoms with Crippen molar-refractivity contribution in [1.82, 2.24) is 0 Å². The number of hydrogen-bond acceptors (Lipinski definition) is 1. The second-order valence-corrected chi connectivity index (χ2v) is 6.11. The van der Waals surface area contributed by atoms with Crippen LogP contribution in [0.2, 0.25) is 5.02 Å². The van der Waals surface area contributed by atoms with E-state index < -0.39 is 0 Å². The molecule has 0 aliphatic rings. The number of hydrogen-bond donors (Lipinski definition) is 2. The van der Waals surface area contributed by atoms with Crippen LogP contribution in [-0.4, -0.2) is 5.11 Å². The minimum atomic E-state index is 0.543. The molecule has 2 N–H and O–H groups in total. The molecule has 2 aromatic carbocycles. The first-order valence-corrected chi connectivity index (χ1v) is 7.51. The predicted molar refractivity (Wildman–Crippen MR) is 95.2 cm³/mol. The molecule has 0 saturated carbocycles. The molecule has 2 nitrogen and oxygen atoms in total. The van der Waals surface area contributed by atoms with Gasteiger partial charge in [-0.3, -0.25) is 0 Å². The molecule has 2 rings (SSSR count). The maximum absolute atomic E-state index is 6.07. The maximum atomic E-state index is 6.07. The third-order valence-corrected chi connectivity index (χ3v) is 3.86. The summed E-state index contributed by atoms with van der Waals surface area (Å²) in [5, 5.41) is 7.50. The van der Waals surface area contributed by atoms with Gasteiger partial charge in [-0.25, -0.2) is 0 Å². The zero-order chi connectivity index (χ0) is 13.8. The van der Waals surface area contributed by atoms with Gasteiger partial charge in [-0.05, 0) is 83.7 Å². The lowest BCUT2D eigenvalue weighted by molar-refractivity contribution is 1.46. The Kier molecular flexibility index (Phi) is 5.01. The average molecular weight is 403 g/mol. The molecule has 0 bridgehead atoms. The molecule has 2 aromatic rings. The van der Waals surface area contributed by atoms with Crippen molar-refractivity contribution >= 4 is 62.9 Å². The van der Waals surface area contributed by atoms with Crippen LogP contribution in [0.3, 0.4) is 0 Å². The number of benzene rings is 2. The van der Waals surface area contributed by atoms with Crippen molar-refractivity contribution < 1.29 is 0 Å². The van der Waals surface area contributed by atoms with Crippen molar-refractivity contribution in [3.05, 3.63) is 56.6 Å². The molecule has 0 atom stereocenters. The highest BCUT2D eigenvalue weighted by Gasteiger charge is 2.01. The third-order valence-electron chi connectivity index (χ3n) is 2.53. The van der Waals surface area contributed by atoms with E-state index in [2.05, 4.69) is 33.2 Å². The Morgan fingerprint density at radius 2 is 1.63 bits per heavy atom. The van der Waals surface area contributed by atoms with Crippen LogP contribution in [0.25, 0.3) is 0 Å². The van der Waals surface area contributed by atoms with Crippen LogP contribution in [-0.2, 0) is 0 Å². The van der Waals surface area contributed by atoms with Gasteiger partial charge >= 0.3 is 0 Å². The fraction of sp³-hybridized carbons (Fsp3) is 0.0714. The Hall–Kier alpha value is -0.850. The Balaban J connectivity index is 2.01. The van der Waals surface area contributed by atoms with Crippen LogP contribution < -0.4 is 10.6 Å². The van der Waals surface area contributed by atoms with Crippen molar-refractivity contribution in [3.63, 3.8) is 0 Å². The average Bonchev–Trinajstić information content (AvgIpc) is 2.37. The minimum Gasteiger partial charge on any atom is -0.332 e. The van der Waals surface area contributed by atoms with E-state index in [1.165, 1.54) is 3.57 Å². The molecule has 0 aliphatic carbocycles. The SMILES string of the molecule is Cc1ccc(NC(=S)Nc2ccc(I)cc2)cc1Cl. The highest BCUT2D eigenvalue weighted by atomic mass is 127. The summed E-state index contributed by atoms with van der Waals surface area (Å²) in [4.78, 5) is 0. The highest BCUT2D eigenvalue weighted by molar-refractivity contribution is 14.1. The summed E-state index contributed by atoms with van der Waals surface area (Å²) in [5.74, 6) is 0. The van der Waals surface area contributed by atoms with Gasteiger partial charge in [-0.15, -0.1) is 0 Å². The fourth-order valence-corrected chi connectivity index (χ4v) is 2.27. The maximum Gasteiger partial charge on any atom is 0.175 e. The molecule has 5 heteroatoms. The fourth-order valence-electron chi connectivity index (χ4n) is 1.50. The summed E-state index contributed by atoms with van der Waals surface area (Å²) in [5.41, 5.74) is 2.87. The summed E-state index contributed by atoms with van der Waals surface area (Å²) < 4.78 is 1.19. The van der Waals surface area contributed by atoms with Gasteiger partial charge in [0.05, 0.1) is 0 Å². The standard InChI is InChI=1S/C14H12ClIN2S/c1-9-2-5-12(8-13(9)15)18-14(19)17-11-6-3-10(16)4-7-11/h2-8H,1H3,(H2,17,18,19). The van der Waals surface area contributed by atoms with Gasteiger partial charge in [0.25, 0.3) is 0 Å². The highest BCUT2D eigenvalue weighted by Crippen LogP contribution is 2.20. The minimum absolute atomic E-state index is 0.543. The van der Waals surface area contributed by atoms with Gasteiger partial charge in [0.2, 0.25) is 0 Å². The van der Waals surface area contributed by atoms with E-state index in [0.29, 0.717) is 5.11 Å². The van der Waals surface area contributed by atoms with Crippen molar-refractivity contribution in [3.8, 4) is 0 Å². The molecular weight excluding hydrogens is 391 g/mol. The lowest BCUT2D eigenvalue weighted by Crippen LogP contribution is -2.18. The molecule has 19 heavy (non-hydrogen) atoms. The first kappa shape index (κ1) is 14.6. The molecule has 0 heterocycles. The molecular formula is C14H12ClIN2S. The van der Waals surface area contributed by atoms with Crippen molar-refractivity contribution in [2.75, 3.05) is 10.6 Å². The monoisotopic (exact) mass is 402 g/mol. The Labute approximate surface area is 136 Å². The smallest absolute Gasteiger partial charge is 0.175 e. The molecule has 0 aliphatic heterocycles. The third kappa shape index (κ3) is 4.33. The molecule has 0 amide bonds. The first-order chi connectivity index (χ1) is 9.04. The van der Waals surface area contributed by atoms with Crippen molar-refractivity contribution in [1.29, 1.82) is 0 Å². The molecule has 0 radical (unpaired) electrons. The van der Waals surface area contributed by atoms with Gasteiger partial charge in [0.15, 0.2) is 5.11 Å². The van der Waals surface area contributed by atoms with E-state index in [1.807, 2.05) is 49.4 Å². The zero-order valence-electron chi connectivity index (χ0n) is 10.2. The van der Waals surface area contributed by atoms with Crippen LogP contribution in [0.4, 0.5) is 11.4 Å². The second-order valence-electron chi connectivity index (χ2n) is 4.05. The number of nitrogens with one attached hydrogen (secondary N) is 2. The second kappa shape index (κ2) is 6.54. The number of thiocarbonyl (C=S) groups is 1. The van der Waals surface area contributed by atoms with Crippen LogP contribution in [0.15, 0.2) is 42.5 Å². The van der Waals surface area contributed by atoms with Crippen molar-refractivity contribution in [2.24, 2.45) is 0 Å². The lowest BCUT2D eigenvalue weighted by atomic mass is 10.2. The number of halogens is 2. The molecule has 98 valence electrons. The number of rotatable bonds is 2. The van der Waals surface area contributed by atoms with E-state index in [-0.39, 0.29) is 0 Å². The quantitative estimate of drug-likeness (QED) is 0.542. The van der Waals surface area contributed by atoms with Gasteiger partial charge in [0, 0.05) is 20.0 Å². The van der Waals surface area contributed by atoms with E-state index in [1.54, 1.807) is 0 Å². The Bertz CT molecular complexity index is 599. The van der Waals surface area contributed by atoms with Crippen molar-refractivity contribution in [2.45, 2.75) is 6.92 Å². The lowest BCUT2D eigenvalue weighted by Gasteiger charge is -2.11. The Morgan fingerprint density at radius 3 is 2.26 bits per heavy atom. The van der Waals surface area contributed by atoms with Crippen LogP contribution in [0, 0.1) is 10.5 Å². The summed E-state index contributed by atoms with van der Waals surface area (Å²) in [6, 6.07) is 13.8. The number of anilines is 2. The van der Waals surface area contributed by atoms with Crippen LogP contribution in [0.1, 0.15) is 5.56 Å². The van der Waals surface area contributed by atoms with E-state index in [9.17, 15) is 0 Å². The van der Waals surface area contributed by atoms with Gasteiger partial charge in [-0.1, -0.05) is 17.7 Å².